The molecule has 0 bridgehead atoms. The molecule has 198 valence electrons. The maximum absolute atomic E-state index is 13.1. The van der Waals surface area contributed by atoms with Crippen molar-refractivity contribution >= 4 is 23.5 Å². The Hall–Kier alpha value is -4.40. The average molecular weight is 519 g/mol. The van der Waals surface area contributed by atoms with E-state index < -0.39 is 23.7 Å². The van der Waals surface area contributed by atoms with Gasteiger partial charge >= 0.3 is 0 Å². The number of rotatable bonds is 12. The summed E-state index contributed by atoms with van der Waals surface area (Å²) in [6.07, 6.45) is 2.14. The zero-order chi connectivity index (χ0) is 27.5. The van der Waals surface area contributed by atoms with Gasteiger partial charge in [-0.2, -0.15) is 0 Å². The smallest absolute Gasteiger partial charge is 0.251 e. The monoisotopic (exact) mass is 518 g/mol. The molecule has 2 aromatic carbocycles. The van der Waals surface area contributed by atoms with Crippen LogP contribution in [0.2, 0.25) is 0 Å². The van der Waals surface area contributed by atoms with Crippen LogP contribution in [0.3, 0.4) is 0 Å². The number of nitrogens with zero attached hydrogens (tertiary/aromatic N) is 1. The molecule has 3 rings (SSSR count). The maximum atomic E-state index is 13.1. The topological polar surface area (TPSA) is 117 Å². The van der Waals surface area contributed by atoms with Gasteiger partial charge < -0.3 is 16.0 Å². The van der Waals surface area contributed by atoms with Crippen molar-refractivity contribution in [3.8, 4) is 11.3 Å². The molecule has 0 saturated heterocycles. The van der Waals surface area contributed by atoms with Gasteiger partial charge in [0.15, 0.2) is 5.78 Å². The van der Waals surface area contributed by atoms with Gasteiger partial charge in [0, 0.05) is 17.3 Å². The van der Waals surface area contributed by atoms with Gasteiger partial charge in [0.1, 0.15) is 11.9 Å². The molecule has 3 N–H and O–H groups in total. The molecular formula is C29H31FN4O4. The van der Waals surface area contributed by atoms with E-state index in [1.807, 2.05) is 56.3 Å². The van der Waals surface area contributed by atoms with Crippen LogP contribution >= 0.6 is 0 Å². The van der Waals surface area contributed by atoms with Gasteiger partial charge in [-0.15, -0.1) is 0 Å². The molecule has 38 heavy (non-hydrogen) atoms. The first-order valence-corrected chi connectivity index (χ1v) is 12.3. The number of hydrogen-bond acceptors (Lipinski definition) is 5. The Morgan fingerprint density at radius 3 is 2.32 bits per heavy atom. The van der Waals surface area contributed by atoms with Crippen LogP contribution in [0.5, 0.6) is 0 Å². The Morgan fingerprint density at radius 2 is 1.63 bits per heavy atom. The Balaban J connectivity index is 1.47. The molecular weight excluding hydrogens is 487 g/mol. The second-order valence-corrected chi connectivity index (χ2v) is 9.29. The zero-order valence-electron chi connectivity index (χ0n) is 21.4. The lowest BCUT2D eigenvalue weighted by Crippen LogP contribution is -2.49. The van der Waals surface area contributed by atoms with Gasteiger partial charge in [-0.1, -0.05) is 38.1 Å². The maximum Gasteiger partial charge on any atom is 0.251 e. The molecule has 1 aromatic heterocycles. The number of hydrogen-bond donors (Lipinski definition) is 3. The summed E-state index contributed by atoms with van der Waals surface area (Å²) in [7, 11) is 0. The molecule has 1 atom stereocenters. The highest BCUT2D eigenvalue weighted by molar-refractivity contribution is 5.98. The van der Waals surface area contributed by atoms with Crippen LogP contribution in [0.15, 0.2) is 72.9 Å². The fourth-order valence-electron chi connectivity index (χ4n) is 3.74. The van der Waals surface area contributed by atoms with Crippen molar-refractivity contribution in [2.45, 2.75) is 32.7 Å². The summed E-state index contributed by atoms with van der Waals surface area (Å²) < 4.78 is 13.1. The fraction of sp³-hybridized carbons (Fsp3) is 0.276. The van der Waals surface area contributed by atoms with E-state index in [0.717, 1.165) is 29.0 Å². The van der Waals surface area contributed by atoms with Gasteiger partial charge in [-0.05, 0) is 60.4 Å². The standard InChI is InChI=1S/C29H31FN4O4/c1-19(2)14-26(34-28(37)21-9-11-23(30)12-10-21)29(38)33-18-24(35)17-32-27(36)16-20-6-5-7-22(15-20)25-8-3-4-13-31-25/h3-13,15,19,26H,14,16-18H2,1-2H3,(H,32,36)(H,33,38)(H,34,37)/t26-/m0/s1. The summed E-state index contributed by atoms with van der Waals surface area (Å²) in [5.74, 6) is -2.13. The van der Waals surface area contributed by atoms with E-state index in [4.69, 9.17) is 0 Å². The van der Waals surface area contributed by atoms with E-state index >= 15 is 0 Å². The summed E-state index contributed by atoms with van der Waals surface area (Å²) in [5.41, 5.74) is 2.68. The first-order valence-electron chi connectivity index (χ1n) is 12.3. The van der Waals surface area contributed by atoms with E-state index in [-0.39, 0.29) is 42.7 Å². The summed E-state index contributed by atoms with van der Waals surface area (Å²) in [5, 5.41) is 7.75. The van der Waals surface area contributed by atoms with Gasteiger partial charge in [-0.25, -0.2) is 4.39 Å². The highest BCUT2D eigenvalue weighted by Crippen LogP contribution is 2.18. The molecule has 0 aliphatic rings. The second-order valence-electron chi connectivity index (χ2n) is 9.29. The summed E-state index contributed by atoms with van der Waals surface area (Å²) in [6.45, 7) is 3.26. The van der Waals surface area contributed by atoms with Gasteiger partial charge in [0.25, 0.3) is 5.91 Å². The van der Waals surface area contributed by atoms with Crippen LogP contribution in [0.1, 0.15) is 36.2 Å². The molecule has 0 aliphatic carbocycles. The summed E-state index contributed by atoms with van der Waals surface area (Å²) in [6, 6.07) is 17.2. The van der Waals surface area contributed by atoms with Crippen LogP contribution in [0.25, 0.3) is 11.3 Å². The Morgan fingerprint density at radius 1 is 0.895 bits per heavy atom. The quantitative estimate of drug-likeness (QED) is 0.341. The number of carbonyl (C=O) groups is 4. The lowest BCUT2D eigenvalue weighted by Gasteiger charge is -2.20. The van der Waals surface area contributed by atoms with Gasteiger partial charge in [0.2, 0.25) is 11.8 Å². The highest BCUT2D eigenvalue weighted by atomic mass is 19.1. The van der Waals surface area contributed by atoms with Crippen molar-refractivity contribution in [2.24, 2.45) is 5.92 Å². The molecule has 0 saturated carbocycles. The van der Waals surface area contributed by atoms with Gasteiger partial charge in [0.05, 0.1) is 25.2 Å². The first kappa shape index (κ1) is 28.2. The number of carbonyl (C=O) groups excluding carboxylic acids is 4. The van der Waals surface area contributed by atoms with Crippen molar-refractivity contribution < 1.29 is 23.6 Å². The predicted molar refractivity (Wildman–Crippen MR) is 142 cm³/mol. The van der Waals surface area contributed by atoms with E-state index in [2.05, 4.69) is 20.9 Å². The lowest BCUT2D eigenvalue weighted by atomic mass is 10.0. The number of nitrogens with one attached hydrogen (secondary N) is 3. The van der Waals surface area contributed by atoms with E-state index in [9.17, 15) is 23.6 Å². The van der Waals surface area contributed by atoms with Crippen molar-refractivity contribution in [1.29, 1.82) is 0 Å². The average Bonchev–Trinajstić information content (AvgIpc) is 2.91. The molecule has 8 nitrogen and oxygen atoms in total. The third-order valence-electron chi connectivity index (χ3n) is 5.63. The number of aromatic nitrogens is 1. The Kier molecular flexibility index (Phi) is 10.2. The Bertz CT molecular complexity index is 1260. The number of benzene rings is 2. The van der Waals surface area contributed by atoms with E-state index in [1.165, 1.54) is 12.1 Å². The fourth-order valence-corrected chi connectivity index (χ4v) is 3.74. The van der Waals surface area contributed by atoms with Crippen molar-refractivity contribution in [1.82, 2.24) is 20.9 Å². The van der Waals surface area contributed by atoms with Crippen LogP contribution in [-0.4, -0.2) is 47.6 Å². The summed E-state index contributed by atoms with van der Waals surface area (Å²) in [4.78, 5) is 54.2. The number of ketones is 1. The lowest BCUT2D eigenvalue weighted by molar-refractivity contribution is -0.127. The largest absolute Gasteiger partial charge is 0.349 e. The third-order valence-corrected chi connectivity index (χ3v) is 5.63. The van der Waals surface area contributed by atoms with Crippen molar-refractivity contribution in [3.05, 3.63) is 89.9 Å². The first-order chi connectivity index (χ1) is 18.2. The normalized spacial score (nSPS) is 11.5. The Labute approximate surface area is 221 Å². The molecule has 0 aliphatic heterocycles. The van der Waals surface area contributed by atoms with E-state index in [1.54, 1.807) is 6.20 Å². The molecule has 1 heterocycles. The minimum Gasteiger partial charge on any atom is -0.349 e. The number of Topliss-reactive ketones (excluding diaryl/α,β-unsaturated/α-hetero) is 1. The van der Waals surface area contributed by atoms with E-state index in [0.29, 0.717) is 6.42 Å². The highest BCUT2D eigenvalue weighted by Gasteiger charge is 2.23. The number of halogens is 1. The second kappa shape index (κ2) is 13.8. The summed E-state index contributed by atoms with van der Waals surface area (Å²) >= 11 is 0. The van der Waals surface area contributed by atoms with Crippen molar-refractivity contribution in [3.63, 3.8) is 0 Å². The molecule has 3 amide bonds. The van der Waals surface area contributed by atoms with Crippen LogP contribution in [0.4, 0.5) is 4.39 Å². The molecule has 0 fully saturated rings. The minimum atomic E-state index is -0.874. The molecule has 0 spiro atoms. The predicted octanol–water partition coefficient (Wildman–Crippen LogP) is 3.08. The SMILES string of the molecule is CC(C)C[C@H](NC(=O)c1ccc(F)cc1)C(=O)NCC(=O)CNC(=O)Cc1cccc(-c2ccccn2)c1. The molecule has 0 unspecified atom stereocenters. The minimum absolute atomic E-state index is 0.0884. The van der Waals surface area contributed by atoms with Crippen molar-refractivity contribution in [2.75, 3.05) is 13.1 Å². The van der Waals surface area contributed by atoms with Crippen LogP contribution in [0, 0.1) is 11.7 Å². The number of pyridine rings is 1. The van der Waals surface area contributed by atoms with Gasteiger partial charge in [-0.3, -0.25) is 24.2 Å². The zero-order valence-corrected chi connectivity index (χ0v) is 21.4. The third kappa shape index (κ3) is 8.92. The molecule has 9 heteroatoms. The van der Waals surface area contributed by atoms with Crippen LogP contribution < -0.4 is 16.0 Å². The molecule has 3 aromatic rings. The number of amides is 3. The molecule has 0 radical (unpaired) electrons. The van der Waals surface area contributed by atoms with Crippen LogP contribution in [-0.2, 0) is 20.8 Å².